The number of nitrogens with one attached hydrogen (secondary N) is 1. The van der Waals surface area contributed by atoms with Crippen LogP contribution in [0, 0.1) is 19.8 Å². The van der Waals surface area contributed by atoms with E-state index in [0.717, 1.165) is 12.0 Å². The first kappa shape index (κ1) is 14.5. The van der Waals surface area contributed by atoms with Gasteiger partial charge in [0.05, 0.1) is 0 Å². The minimum atomic E-state index is -0.0568. The molecule has 0 aliphatic carbocycles. The van der Waals surface area contributed by atoms with Crippen LogP contribution in [-0.2, 0) is 4.79 Å². The molecule has 1 amide bonds. The maximum absolute atomic E-state index is 11.8. The second-order valence-corrected chi connectivity index (χ2v) is 4.67. The van der Waals surface area contributed by atoms with Crippen LogP contribution in [0.4, 0.5) is 5.69 Å². The zero-order valence-corrected chi connectivity index (χ0v) is 11.3. The van der Waals surface area contributed by atoms with Crippen molar-refractivity contribution >= 4 is 11.6 Å². The fourth-order valence-corrected chi connectivity index (χ4v) is 1.83. The molecular weight excluding hydrogens is 228 g/mol. The van der Waals surface area contributed by atoms with Crippen molar-refractivity contribution in [3.63, 3.8) is 0 Å². The van der Waals surface area contributed by atoms with Gasteiger partial charge in [0, 0.05) is 17.7 Å². The lowest BCUT2D eigenvalue weighted by atomic mass is 10.0. The molecule has 4 N–H and O–H groups in total. The number of phenols is 1. The van der Waals surface area contributed by atoms with Gasteiger partial charge in [0.2, 0.25) is 5.91 Å². The Morgan fingerprint density at radius 3 is 2.67 bits per heavy atom. The van der Waals surface area contributed by atoms with Gasteiger partial charge in [-0.15, -0.1) is 0 Å². The van der Waals surface area contributed by atoms with E-state index >= 15 is 0 Å². The fraction of sp³-hybridized carbons (Fsp3) is 0.500. The van der Waals surface area contributed by atoms with Crippen molar-refractivity contribution in [3.8, 4) is 5.75 Å². The zero-order chi connectivity index (χ0) is 13.7. The predicted molar refractivity (Wildman–Crippen MR) is 73.7 cm³/mol. The van der Waals surface area contributed by atoms with E-state index in [1.54, 1.807) is 13.0 Å². The highest BCUT2D eigenvalue weighted by molar-refractivity contribution is 5.92. The number of hydrogen-bond donors (Lipinski definition) is 3. The summed E-state index contributed by atoms with van der Waals surface area (Å²) in [6.45, 7) is 6.16. The molecule has 0 aliphatic rings. The number of nitrogens with two attached hydrogens (primary N) is 1. The van der Waals surface area contributed by atoms with Gasteiger partial charge in [-0.05, 0) is 37.9 Å². The first-order valence-corrected chi connectivity index (χ1v) is 6.28. The summed E-state index contributed by atoms with van der Waals surface area (Å²) in [4.78, 5) is 11.8. The average molecular weight is 250 g/mol. The van der Waals surface area contributed by atoms with E-state index in [1.807, 2.05) is 19.9 Å². The van der Waals surface area contributed by atoms with E-state index in [9.17, 15) is 9.90 Å². The molecule has 0 saturated carbocycles. The molecule has 1 aromatic rings. The van der Waals surface area contributed by atoms with Crippen molar-refractivity contribution in [1.82, 2.24) is 0 Å². The summed E-state index contributed by atoms with van der Waals surface area (Å²) < 4.78 is 0. The molecule has 0 saturated heterocycles. The van der Waals surface area contributed by atoms with Gasteiger partial charge in [-0.1, -0.05) is 19.4 Å². The molecule has 1 rings (SSSR count). The summed E-state index contributed by atoms with van der Waals surface area (Å²) in [6.07, 6.45) is 1.31. The molecule has 100 valence electrons. The normalized spacial score (nSPS) is 12.2. The second-order valence-electron chi connectivity index (χ2n) is 4.67. The summed E-state index contributed by atoms with van der Waals surface area (Å²) in [5, 5.41) is 12.6. The van der Waals surface area contributed by atoms with Crippen LogP contribution in [0.2, 0.25) is 0 Å². The molecule has 1 atom stereocenters. The van der Waals surface area contributed by atoms with Crippen LogP contribution in [0.1, 0.15) is 30.9 Å². The lowest BCUT2D eigenvalue weighted by Crippen LogP contribution is -2.22. The Hall–Kier alpha value is -1.55. The van der Waals surface area contributed by atoms with Crippen LogP contribution >= 0.6 is 0 Å². The number of aryl methyl sites for hydroxylation is 1. The highest BCUT2D eigenvalue weighted by atomic mass is 16.3. The van der Waals surface area contributed by atoms with Gasteiger partial charge < -0.3 is 16.2 Å². The number of carbonyl (C=O) groups is 1. The number of amides is 1. The molecule has 18 heavy (non-hydrogen) atoms. The summed E-state index contributed by atoms with van der Waals surface area (Å²) in [7, 11) is 0. The van der Waals surface area contributed by atoms with Gasteiger partial charge >= 0.3 is 0 Å². The topological polar surface area (TPSA) is 75.4 Å². The molecule has 0 bridgehead atoms. The van der Waals surface area contributed by atoms with E-state index in [0.29, 0.717) is 24.2 Å². The van der Waals surface area contributed by atoms with Gasteiger partial charge in [-0.2, -0.15) is 0 Å². The highest BCUT2D eigenvalue weighted by Gasteiger charge is 2.13. The minimum absolute atomic E-state index is 0.0568. The first-order chi connectivity index (χ1) is 8.49. The molecule has 4 heteroatoms. The Morgan fingerprint density at radius 2 is 2.11 bits per heavy atom. The lowest BCUT2D eigenvalue weighted by molar-refractivity contribution is -0.117. The van der Waals surface area contributed by atoms with Crippen molar-refractivity contribution in [2.75, 3.05) is 11.9 Å². The van der Waals surface area contributed by atoms with Crippen molar-refractivity contribution in [1.29, 1.82) is 0 Å². The molecule has 0 fully saturated rings. The smallest absolute Gasteiger partial charge is 0.224 e. The maximum atomic E-state index is 11.8. The third-order valence-corrected chi connectivity index (χ3v) is 3.29. The Labute approximate surface area is 108 Å². The quantitative estimate of drug-likeness (QED) is 0.750. The van der Waals surface area contributed by atoms with Gasteiger partial charge in [0.25, 0.3) is 0 Å². The number of anilines is 1. The monoisotopic (exact) mass is 250 g/mol. The van der Waals surface area contributed by atoms with Gasteiger partial charge in [-0.25, -0.2) is 0 Å². The van der Waals surface area contributed by atoms with Crippen LogP contribution < -0.4 is 11.1 Å². The highest BCUT2D eigenvalue weighted by Crippen LogP contribution is 2.28. The molecule has 0 heterocycles. The standard InChI is InChI=1S/C14H22N2O2/c1-4-11(8-15)7-13(17)16-12-6-5-9(2)14(18)10(12)3/h5-6,11,18H,4,7-8,15H2,1-3H3,(H,16,17). The Balaban J connectivity index is 2.73. The van der Waals surface area contributed by atoms with E-state index in [-0.39, 0.29) is 17.6 Å². The molecule has 4 nitrogen and oxygen atoms in total. The van der Waals surface area contributed by atoms with Crippen LogP contribution in [0.3, 0.4) is 0 Å². The molecular formula is C14H22N2O2. The van der Waals surface area contributed by atoms with E-state index in [4.69, 9.17) is 5.73 Å². The molecule has 0 aliphatic heterocycles. The Bertz CT molecular complexity index is 426. The minimum Gasteiger partial charge on any atom is -0.507 e. The Kier molecular flexibility index (Phi) is 5.16. The van der Waals surface area contributed by atoms with E-state index < -0.39 is 0 Å². The molecule has 1 unspecified atom stereocenters. The number of carbonyl (C=O) groups excluding carboxylic acids is 1. The van der Waals surface area contributed by atoms with Crippen molar-refractivity contribution in [2.45, 2.75) is 33.6 Å². The summed E-state index contributed by atoms with van der Waals surface area (Å²) in [6, 6.07) is 3.60. The summed E-state index contributed by atoms with van der Waals surface area (Å²) >= 11 is 0. The number of hydrogen-bond acceptors (Lipinski definition) is 3. The van der Waals surface area contributed by atoms with Crippen LogP contribution in [0.25, 0.3) is 0 Å². The van der Waals surface area contributed by atoms with Gasteiger partial charge in [0.1, 0.15) is 5.75 Å². The first-order valence-electron chi connectivity index (χ1n) is 6.28. The van der Waals surface area contributed by atoms with Gasteiger partial charge in [-0.3, -0.25) is 4.79 Å². The van der Waals surface area contributed by atoms with E-state index in [1.165, 1.54) is 0 Å². The summed E-state index contributed by atoms with van der Waals surface area (Å²) in [5.41, 5.74) is 7.74. The number of aromatic hydroxyl groups is 1. The molecule has 1 aromatic carbocycles. The van der Waals surface area contributed by atoms with Gasteiger partial charge in [0.15, 0.2) is 0 Å². The van der Waals surface area contributed by atoms with Crippen LogP contribution in [-0.4, -0.2) is 17.6 Å². The second kappa shape index (κ2) is 6.40. The van der Waals surface area contributed by atoms with Crippen molar-refractivity contribution < 1.29 is 9.90 Å². The SMILES string of the molecule is CCC(CN)CC(=O)Nc1ccc(C)c(O)c1C. The fourth-order valence-electron chi connectivity index (χ4n) is 1.83. The van der Waals surface area contributed by atoms with Crippen LogP contribution in [0.15, 0.2) is 12.1 Å². The Morgan fingerprint density at radius 1 is 1.44 bits per heavy atom. The number of rotatable bonds is 5. The predicted octanol–water partition coefficient (Wildman–Crippen LogP) is 2.32. The summed E-state index contributed by atoms with van der Waals surface area (Å²) in [5.74, 6) is 0.390. The number of phenolic OH excluding ortho intramolecular Hbond substituents is 1. The number of benzene rings is 1. The van der Waals surface area contributed by atoms with E-state index in [2.05, 4.69) is 5.32 Å². The maximum Gasteiger partial charge on any atom is 0.224 e. The third kappa shape index (κ3) is 3.47. The lowest BCUT2D eigenvalue weighted by Gasteiger charge is -2.14. The molecule has 0 spiro atoms. The third-order valence-electron chi connectivity index (χ3n) is 3.29. The van der Waals surface area contributed by atoms with Crippen molar-refractivity contribution in [2.24, 2.45) is 11.7 Å². The largest absolute Gasteiger partial charge is 0.507 e. The molecule has 0 radical (unpaired) electrons. The zero-order valence-electron chi connectivity index (χ0n) is 11.3. The molecule has 0 aromatic heterocycles. The van der Waals surface area contributed by atoms with Crippen LogP contribution in [0.5, 0.6) is 5.75 Å². The van der Waals surface area contributed by atoms with Crippen molar-refractivity contribution in [3.05, 3.63) is 23.3 Å². The average Bonchev–Trinajstić information content (AvgIpc) is 2.36.